The summed E-state index contributed by atoms with van der Waals surface area (Å²) in [5.74, 6) is 0. The highest BCUT2D eigenvalue weighted by Crippen LogP contribution is 2.61. The molecule has 0 N–H and O–H groups in total. The van der Waals surface area contributed by atoms with Crippen LogP contribution in [0.2, 0.25) is 0 Å². The predicted octanol–water partition coefficient (Wildman–Crippen LogP) is 15.7. The number of benzene rings is 10. The Morgan fingerprint density at radius 3 is 1.32 bits per heavy atom. The van der Waals surface area contributed by atoms with Crippen molar-refractivity contribution in [3.05, 3.63) is 271 Å². The molecule has 282 valence electrons. The summed E-state index contributed by atoms with van der Waals surface area (Å²) < 4.78 is 0. The van der Waals surface area contributed by atoms with Crippen molar-refractivity contribution in [2.24, 2.45) is 0 Å². The molecule has 0 aromatic heterocycles. The lowest BCUT2D eigenvalue weighted by Gasteiger charge is -2.35. The molecule has 0 spiro atoms. The number of fused-ring (bicyclic) bond motifs is 5. The SMILES string of the molecule is c1ccc(-c2ccc(-c3ccc(N(c4ccccc4)c4ccc5c(c4)C(c4ccccc4)(c4ccccc4)c4c-5c(-c5ccccc5)cc5ccccc45)cc3)cc2)cc1. The first kappa shape index (κ1) is 35.4. The van der Waals surface area contributed by atoms with Crippen LogP contribution in [0.3, 0.4) is 0 Å². The van der Waals surface area contributed by atoms with E-state index in [-0.39, 0.29) is 0 Å². The molecular formula is C59H41N. The Hall–Kier alpha value is -7.74. The molecule has 0 amide bonds. The number of rotatable bonds is 8. The molecule has 10 aromatic carbocycles. The molecule has 11 rings (SSSR count). The van der Waals surface area contributed by atoms with Crippen molar-refractivity contribution < 1.29 is 0 Å². The third-order valence-electron chi connectivity index (χ3n) is 12.3. The monoisotopic (exact) mass is 763 g/mol. The van der Waals surface area contributed by atoms with Crippen LogP contribution in [0.15, 0.2) is 249 Å². The molecule has 0 saturated carbocycles. The Morgan fingerprint density at radius 2 is 0.733 bits per heavy atom. The summed E-state index contributed by atoms with van der Waals surface area (Å²) in [5.41, 5.74) is 17.6. The molecule has 1 aliphatic carbocycles. The van der Waals surface area contributed by atoms with Gasteiger partial charge in [0.25, 0.3) is 0 Å². The molecular weight excluding hydrogens is 723 g/mol. The highest BCUT2D eigenvalue weighted by atomic mass is 15.1. The molecule has 0 radical (unpaired) electrons. The first-order valence-electron chi connectivity index (χ1n) is 20.8. The number of hydrogen-bond donors (Lipinski definition) is 0. The van der Waals surface area contributed by atoms with Gasteiger partial charge in [-0.1, -0.05) is 206 Å². The largest absolute Gasteiger partial charge is 0.310 e. The number of para-hydroxylation sites is 1. The minimum atomic E-state index is -0.605. The van der Waals surface area contributed by atoms with E-state index in [1.807, 2.05) is 0 Å². The zero-order valence-electron chi connectivity index (χ0n) is 33.1. The molecule has 0 bridgehead atoms. The quantitative estimate of drug-likeness (QED) is 0.149. The smallest absolute Gasteiger partial charge is 0.0720 e. The number of nitrogens with zero attached hydrogens (tertiary/aromatic N) is 1. The summed E-state index contributed by atoms with van der Waals surface area (Å²) >= 11 is 0. The Morgan fingerprint density at radius 1 is 0.300 bits per heavy atom. The topological polar surface area (TPSA) is 3.24 Å². The maximum atomic E-state index is 2.47. The predicted molar refractivity (Wildman–Crippen MR) is 252 cm³/mol. The second-order valence-corrected chi connectivity index (χ2v) is 15.6. The Kier molecular flexibility index (Phi) is 8.79. The molecule has 60 heavy (non-hydrogen) atoms. The van der Waals surface area contributed by atoms with Crippen molar-refractivity contribution >= 4 is 27.8 Å². The van der Waals surface area contributed by atoms with E-state index in [1.54, 1.807) is 0 Å². The standard InChI is InChI=1S/C59H41N/c1-6-18-42(19-7-1)43-30-32-44(33-31-43)45-34-36-51(37-35-45)60(50-27-14-5-15-28-50)52-38-39-54-56(41-52)59(48-23-10-3-11-24-48,49-25-12-4-13-26-49)58-53-29-17-16-22-47(53)40-55(57(54)58)46-20-8-2-9-21-46/h1-41H. The van der Waals surface area contributed by atoms with Crippen molar-refractivity contribution in [2.45, 2.75) is 5.41 Å². The first-order chi connectivity index (χ1) is 29.8. The average molecular weight is 764 g/mol. The van der Waals surface area contributed by atoms with E-state index in [0.29, 0.717) is 0 Å². The number of anilines is 3. The van der Waals surface area contributed by atoms with Crippen LogP contribution in [0.4, 0.5) is 17.1 Å². The molecule has 0 aliphatic heterocycles. The van der Waals surface area contributed by atoms with Crippen LogP contribution >= 0.6 is 0 Å². The summed E-state index contributed by atoms with van der Waals surface area (Å²) in [6.45, 7) is 0. The van der Waals surface area contributed by atoms with Gasteiger partial charge in [0.2, 0.25) is 0 Å². The zero-order chi connectivity index (χ0) is 39.9. The molecule has 1 nitrogen and oxygen atoms in total. The van der Waals surface area contributed by atoms with Gasteiger partial charge in [-0.05, 0) is 120 Å². The summed E-state index contributed by atoms with van der Waals surface area (Å²) in [5, 5.41) is 2.50. The van der Waals surface area contributed by atoms with Gasteiger partial charge in [0, 0.05) is 17.1 Å². The van der Waals surface area contributed by atoms with Crippen LogP contribution in [-0.2, 0) is 5.41 Å². The van der Waals surface area contributed by atoms with Crippen LogP contribution in [0.1, 0.15) is 22.3 Å². The van der Waals surface area contributed by atoms with Crippen molar-refractivity contribution in [2.75, 3.05) is 4.90 Å². The lowest BCUT2D eigenvalue weighted by molar-refractivity contribution is 0.775. The Labute approximate surface area is 352 Å². The van der Waals surface area contributed by atoms with Gasteiger partial charge < -0.3 is 4.90 Å². The molecule has 0 atom stereocenters. The summed E-state index contributed by atoms with van der Waals surface area (Å²) in [4.78, 5) is 2.41. The van der Waals surface area contributed by atoms with Crippen LogP contribution in [0.25, 0.3) is 55.3 Å². The van der Waals surface area contributed by atoms with Crippen molar-refractivity contribution in [3.63, 3.8) is 0 Å². The third-order valence-corrected chi connectivity index (χ3v) is 12.3. The fourth-order valence-corrected chi connectivity index (χ4v) is 9.65. The van der Waals surface area contributed by atoms with Gasteiger partial charge in [0.05, 0.1) is 5.41 Å². The van der Waals surface area contributed by atoms with E-state index in [1.165, 1.54) is 77.5 Å². The lowest BCUT2D eigenvalue weighted by atomic mass is 9.66. The van der Waals surface area contributed by atoms with Gasteiger partial charge in [-0.3, -0.25) is 0 Å². The maximum Gasteiger partial charge on any atom is 0.0720 e. The van der Waals surface area contributed by atoms with Gasteiger partial charge >= 0.3 is 0 Å². The van der Waals surface area contributed by atoms with Crippen molar-refractivity contribution in [1.29, 1.82) is 0 Å². The van der Waals surface area contributed by atoms with Crippen LogP contribution in [0.5, 0.6) is 0 Å². The van der Waals surface area contributed by atoms with Gasteiger partial charge in [-0.15, -0.1) is 0 Å². The minimum Gasteiger partial charge on any atom is -0.310 e. The van der Waals surface area contributed by atoms with Crippen molar-refractivity contribution in [1.82, 2.24) is 0 Å². The summed E-state index contributed by atoms with van der Waals surface area (Å²) in [6.07, 6.45) is 0. The molecule has 0 heterocycles. The van der Waals surface area contributed by atoms with E-state index in [4.69, 9.17) is 0 Å². The second-order valence-electron chi connectivity index (χ2n) is 15.6. The molecule has 1 heteroatoms. The van der Waals surface area contributed by atoms with Gasteiger partial charge in [0.15, 0.2) is 0 Å². The molecule has 1 aliphatic rings. The fraction of sp³-hybridized carbons (Fsp3) is 0.0169. The van der Waals surface area contributed by atoms with E-state index < -0.39 is 5.41 Å². The normalized spacial score (nSPS) is 12.5. The lowest BCUT2D eigenvalue weighted by Crippen LogP contribution is -2.29. The van der Waals surface area contributed by atoms with Gasteiger partial charge in [-0.2, -0.15) is 0 Å². The fourth-order valence-electron chi connectivity index (χ4n) is 9.65. The molecule has 10 aromatic rings. The van der Waals surface area contributed by atoms with Crippen LogP contribution < -0.4 is 4.90 Å². The van der Waals surface area contributed by atoms with E-state index >= 15 is 0 Å². The second kappa shape index (κ2) is 14.9. The van der Waals surface area contributed by atoms with E-state index in [0.717, 1.165) is 17.1 Å². The maximum absolute atomic E-state index is 2.47. The van der Waals surface area contributed by atoms with Gasteiger partial charge in [-0.25, -0.2) is 0 Å². The average Bonchev–Trinajstić information content (AvgIpc) is 3.65. The highest BCUT2D eigenvalue weighted by molar-refractivity contribution is 6.07. The molecule has 0 unspecified atom stereocenters. The summed E-state index contributed by atoms with van der Waals surface area (Å²) in [7, 11) is 0. The van der Waals surface area contributed by atoms with E-state index in [9.17, 15) is 0 Å². The third kappa shape index (κ3) is 5.86. The minimum absolute atomic E-state index is 0.605. The Balaban J connectivity index is 1.14. The van der Waals surface area contributed by atoms with Gasteiger partial charge in [0.1, 0.15) is 0 Å². The summed E-state index contributed by atoms with van der Waals surface area (Å²) in [6, 6.07) is 91.0. The number of hydrogen-bond acceptors (Lipinski definition) is 1. The first-order valence-corrected chi connectivity index (χ1v) is 20.8. The molecule has 0 fully saturated rings. The van der Waals surface area contributed by atoms with Crippen LogP contribution in [-0.4, -0.2) is 0 Å². The highest BCUT2D eigenvalue weighted by Gasteiger charge is 2.48. The van der Waals surface area contributed by atoms with Crippen molar-refractivity contribution in [3.8, 4) is 44.5 Å². The Bertz CT molecular complexity index is 3050. The van der Waals surface area contributed by atoms with Crippen LogP contribution in [0, 0.1) is 0 Å². The molecule has 0 saturated heterocycles. The van der Waals surface area contributed by atoms with E-state index in [2.05, 4.69) is 254 Å². The zero-order valence-corrected chi connectivity index (χ0v) is 33.1.